The maximum atomic E-state index is 12.9. The minimum Gasteiger partial charge on any atom is -0.326 e. The Bertz CT molecular complexity index is 871. The van der Waals surface area contributed by atoms with Crippen LogP contribution >= 0.6 is 11.8 Å². The molecule has 0 aliphatic carbocycles. The van der Waals surface area contributed by atoms with E-state index < -0.39 is 11.7 Å². The van der Waals surface area contributed by atoms with Crippen molar-refractivity contribution in [3.63, 3.8) is 0 Å². The minimum absolute atomic E-state index is 0.319. The standard InChI is InChI=1S/C17H16F3N3S/c1-3-9-24-14-5-4-8-21-15(14)16-22-12-10-11(17(18,19)20)6-7-13(12)23(16)2/h4-8,10H,3,9H2,1-2H3. The average Bonchev–Trinajstić information content (AvgIpc) is 2.89. The van der Waals surface area contributed by atoms with Crippen LogP contribution in [0.1, 0.15) is 18.9 Å². The molecule has 126 valence electrons. The SMILES string of the molecule is CCCSc1cccnc1-c1nc2cc(C(F)(F)F)ccc2n1C. The first-order chi connectivity index (χ1) is 11.4. The van der Waals surface area contributed by atoms with E-state index in [0.29, 0.717) is 22.6 Å². The smallest absolute Gasteiger partial charge is 0.326 e. The zero-order chi connectivity index (χ0) is 17.3. The molecule has 2 aromatic heterocycles. The predicted octanol–water partition coefficient (Wildman–Crippen LogP) is 5.16. The topological polar surface area (TPSA) is 30.7 Å². The first kappa shape index (κ1) is 16.8. The monoisotopic (exact) mass is 351 g/mol. The summed E-state index contributed by atoms with van der Waals surface area (Å²) in [5.74, 6) is 1.52. The summed E-state index contributed by atoms with van der Waals surface area (Å²) in [7, 11) is 1.79. The van der Waals surface area contributed by atoms with Crippen LogP contribution in [0.3, 0.4) is 0 Å². The Labute approximate surface area is 141 Å². The summed E-state index contributed by atoms with van der Waals surface area (Å²) >= 11 is 1.67. The number of halogens is 3. The molecule has 7 heteroatoms. The van der Waals surface area contributed by atoms with Gasteiger partial charge < -0.3 is 4.57 Å². The highest BCUT2D eigenvalue weighted by atomic mass is 32.2. The molecule has 0 fully saturated rings. The zero-order valence-electron chi connectivity index (χ0n) is 13.3. The van der Waals surface area contributed by atoms with Crippen molar-refractivity contribution >= 4 is 22.8 Å². The third-order valence-electron chi connectivity index (χ3n) is 3.65. The number of pyridine rings is 1. The molecule has 1 aromatic carbocycles. The third kappa shape index (κ3) is 3.13. The molecule has 0 atom stereocenters. The average molecular weight is 351 g/mol. The summed E-state index contributed by atoms with van der Waals surface area (Å²) in [6, 6.07) is 7.44. The van der Waals surface area contributed by atoms with Crippen molar-refractivity contribution < 1.29 is 13.2 Å². The van der Waals surface area contributed by atoms with Crippen molar-refractivity contribution in [1.82, 2.24) is 14.5 Å². The van der Waals surface area contributed by atoms with Crippen LogP contribution in [0, 0.1) is 0 Å². The van der Waals surface area contributed by atoms with Crippen molar-refractivity contribution in [3.8, 4) is 11.5 Å². The molecule has 3 rings (SSSR count). The van der Waals surface area contributed by atoms with Gasteiger partial charge >= 0.3 is 6.18 Å². The number of hydrogen-bond donors (Lipinski definition) is 0. The van der Waals surface area contributed by atoms with Crippen LogP contribution in [0.25, 0.3) is 22.6 Å². The minimum atomic E-state index is -4.38. The predicted molar refractivity (Wildman–Crippen MR) is 90.0 cm³/mol. The number of imidazole rings is 1. The summed E-state index contributed by atoms with van der Waals surface area (Å²) in [6.07, 6.45) is -1.68. The van der Waals surface area contributed by atoms with E-state index >= 15 is 0 Å². The van der Waals surface area contributed by atoms with Crippen LogP contribution in [0.15, 0.2) is 41.4 Å². The highest BCUT2D eigenvalue weighted by Gasteiger charge is 2.31. The van der Waals surface area contributed by atoms with Crippen LogP contribution in [-0.4, -0.2) is 20.3 Å². The maximum Gasteiger partial charge on any atom is 0.416 e. The largest absolute Gasteiger partial charge is 0.416 e. The first-order valence-corrected chi connectivity index (χ1v) is 8.52. The Balaban J connectivity index is 2.12. The van der Waals surface area contributed by atoms with Gasteiger partial charge in [-0.15, -0.1) is 11.8 Å². The van der Waals surface area contributed by atoms with Crippen molar-refractivity contribution in [2.24, 2.45) is 7.05 Å². The van der Waals surface area contributed by atoms with Gasteiger partial charge in [0.05, 0.1) is 16.6 Å². The van der Waals surface area contributed by atoms with Crippen LogP contribution in [0.4, 0.5) is 13.2 Å². The van der Waals surface area contributed by atoms with Crippen molar-refractivity contribution in [1.29, 1.82) is 0 Å². The van der Waals surface area contributed by atoms with E-state index in [1.165, 1.54) is 6.07 Å². The summed E-state index contributed by atoms with van der Waals surface area (Å²) in [6.45, 7) is 2.09. The number of fused-ring (bicyclic) bond motifs is 1. The third-order valence-corrected chi connectivity index (χ3v) is 4.91. The molecule has 0 N–H and O–H groups in total. The van der Waals surface area contributed by atoms with E-state index in [1.54, 1.807) is 29.6 Å². The Morgan fingerprint density at radius 1 is 1.21 bits per heavy atom. The molecule has 3 aromatic rings. The van der Waals surface area contributed by atoms with Crippen molar-refractivity contribution in [3.05, 3.63) is 42.1 Å². The molecule has 0 saturated heterocycles. The second kappa shape index (κ2) is 6.47. The number of aryl methyl sites for hydroxylation is 1. The number of rotatable bonds is 4. The van der Waals surface area contributed by atoms with E-state index in [4.69, 9.17) is 0 Å². The lowest BCUT2D eigenvalue weighted by Crippen LogP contribution is -2.04. The molecule has 2 heterocycles. The van der Waals surface area contributed by atoms with Crippen LogP contribution in [-0.2, 0) is 13.2 Å². The van der Waals surface area contributed by atoms with Gasteiger partial charge in [0.2, 0.25) is 0 Å². The van der Waals surface area contributed by atoms with E-state index in [1.807, 2.05) is 12.1 Å². The van der Waals surface area contributed by atoms with Gasteiger partial charge in [0.1, 0.15) is 5.69 Å². The lowest BCUT2D eigenvalue weighted by atomic mass is 10.2. The maximum absolute atomic E-state index is 12.9. The quantitative estimate of drug-likeness (QED) is 0.609. The van der Waals surface area contributed by atoms with Crippen molar-refractivity contribution in [2.45, 2.75) is 24.4 Å². The molecule has 0 aliphatic rings. The van der Waals surface area contributed by atoms with Gasteiger partial charge in [-0.25, -0.2) is 4.98 Å². The summed E-state index contributed by atoms with van der Waals surface area (Å²) in [4.78, 5) is 9.80. The molecule has 0 spiro atoms. The first-order valence-electron chi connectivity index (χ1n) is 7.53. The van der Waals surface area contributed by atoms with Gasteiger partial charge in [-0.2, -0.15) is 13.2 Å². The fraction of sp³-hybridized carbons (Fsp3) is 0.294. The second-order valence-corrected chi connectivity index (χ2v) is 6.53. The lowest BCUT2D eigenvalue weighted by molar-refractivity contribution is -0.137. The van der Waals surface area contributed by atoms with Crippen molar-refractivity contribution in [2.75, 3.05) is 5.75 Å². The number of aromatic nitrogens is 3. The lowest BCUT2D eigenvalue weighted by Gasteiger charge is -2.07. The fourth-order valence-electron chi connectivity index (χ4n) is 2.47. The molecule has 0 amide bonds. The van der Waals surface area contributed by atoms with Crippen LogP contribution in [0.5, 0.6) is 0 Å². The molecule has 24 heavy (non-hydrogen) atoms. The second-order valence-electron chi connectivity index (χ2n) is 5.39. The Hall–Kier alpha value is -2.02. The van der Waals surface area contributed by atoms with Gasteiger partial charge in [0, 0.05) is 18.1 Å². The van der Waals surface area contributed by atoms with Crippen LogP contribution < -0.4 is 0 Å². The van der Waals surface area contributed by atoms with E-state index in [0.717, 1.165) is 29.2 Å². The van der Waals surface area contributed by atoms with Gasteiger partial charge in [0.15, 0.2) is 5.82 Å². The molecule has 0 unspecified atom stereocenters. The number of thioether (sulfide) groups is 1. The molecule has 0 radical (unpaired) electrons. The van der Waals surface area contributed by atoms with E-state index in [9.17, 15) is 13.2 Å². The molecule has 3 nitrogen and oxygen atoms in total. The normalized spacial score (nSPS) is 12.0. The molecular formula is C17H16F3N3S. The Morgan fingerprint density at radius 3 is 2.71 bits per heavy atom. The Kier molecular flexibility index (Phi) is 4.54. The number of alkyl halides is 3. The zero-order valence-corrected chi connectivity index (χ0v) is 14.1. The highest BCUT2D eigenvalue weighted by molar-refractivity contribution is 7.99. The molecular weight excluding hydrogens is 335 g/mol. The molecule has 0 saturated carbocycles. The fourth-order valence-corrected chi connectivity index (χ4v) is 3.35. The van der Waals surface area contributed by atoms with Gasteiger partial charge in [0.25, 0.3) is 0 Å². The summed E-state index contributed by atoms with van der Waals surface area (Å²) in [5.41, 5.74) is 0.971. The number of nitrogens with zero attached hydrogens (tertiary/aromatic N) is 3. The van der Waals surface area contributed by atoms with Crippen LogP contribution in [0.2, 0.25) is 0 Å². The number of hydrogen-bond acceptors (Lipinski definition) is 3. The van der Waals surface area contributed by atoms with Gasteiger partial charge in [-0.05, 0) is 42.5 Å². The Morgan fingerprint density at radius 2 is 2.00 bits per heavy atom. The van der Waals surface area contributed by atoms with E-state index in [2.05, 4.69) is 16.9 Å². The number of benzene rings is 1. The van der Waals surface area contributed by atoms with Gasteiger partial charge in [-0.3, -0.25) is 4.98 Å². The molecule has 0 bridgehead atoms. The van der Waals surface area contributed by atoms with Gasteiger partial charge in [-0.1, -0.05) is 6.92 Å². The highest BCUT2D eigenvalue weighted by Crippen LogP contribution is 2.34. The summed E-state index contributed by atoms with van der Waals surface area (Å²) < 4.78 is 40.5. The summed E-state index contributed by atoms with van der Waals surface area (Å²) in [5, 5.41) is 0. The molecule has 0 aliphatic heterocycles. The van der Waals surface area contributed by atoms with E-state index in [-0.39, 0.29) is 0 Å².